The smallest absolute Gasteiger partial charge is 0.300 e. The number of benzene rings is 1. The van der Waals surface area contributed by atoms with E-state index >= 15 is 0 Å². The lowest BCUT2D eigenvalue weighted by Gasteiger charge is -2.10. The van der Waals surface area contributed by atoms with Crippen LogP contribution in [-0.2, 0) is 13.1 Å². The van der Waals surface area contributed by atoms with Crippen molar-refractivity contribution in [1.29, 1.82) is 0 Å². The van der Waals surface area contributed by atoms with E-state index in [1.54, 1.807) is 12.1 Å². The minimum atomic E-state index is -0.439. The van der Waals surface area contributed by atoms with Gasteiger partial charge in [-0.2, -0.15) is 0 Å². The highest BCUT2D eigenvalue weighted by Crippen LogP contribution is 2.15. The molecule has 20 heavy (non-hydrogen) atoms. The summed E-state index contributed by atoms with van der Waals surface area (Å²) < 4.78 is 16.9. The molecule has 2 aromatic rings. The van der Waals surface area contributed by atoms with Crippen molar-refractivity contribution in [2.45, 2.75) is 26.4 Å². The molecular weight excluding hydrogens is 327 g/mol. The van der Waals surface area contributed by atoms with Crippen LogP contribution in [0.2, 0.25) is 0 Å². The highest BCUT2D eigenvalue weighted by Gasteiger charge is 2.09. The molecule has 0 saturated heterocycles. The second-order valence-electron chi connectivity index (χ2n) is 4.45. The molecule has 0 spiro atoms. The zero-order chi connectivity index (χ0) is 14.7. The van der Waals surface area contributed by atoms with Crippen molar-refractivity contribution in [3.8, 4) is 0 Å². The summed E-state index contributed by atoms with van der Waals surface area (Å²) in [7, 11) is 0. The van der Waals surface area contributed by atoms with Gasteiger partial charge in [0.05, 0.1) is 6.54 Å². The number of hydrogen-bond acceptors (Lipinski definition) is 2. The Morgan fingerprint density at radius 2 is 2.00 bits per heavy atom. The van der Waals surface area contributed by atoms with Crippen LogP contribution in [0.4, 0.5) is 4.39 Å². The second-order valence-corrected chi connectivity index (χ2v) is 5.37. The van der Waals surface area contributed by atoms with Crippen LogP contribution < -0.4 is 11.2 Å². The molecule has 1 heterocycles. The number of halogens is 2. The standard InChI is InChI=1S/C14H14BrFN2O2/c1-2-6-17-7-5-13(19)18(14(17)20)9-10-8-11(15)3-4-12(10)16/h3-5,7-8H,2,6,9H2,1H3. The van der Waals surface area contributed by atoms with Crippen LogP contribution in [0, 0.1) is 5.82 Å². The number of rotatable bonds is 4. The first kappa shape index (κ1) is 14.7. The molecular formula is C14H14BrFN2O2. The highest BCUT2D eigenvalue weighted by atomic mass is 79.9. The summed E-state index contributed by atoms with van der Waals surface area (Å²) in [6.07, 6.45) is 2.26. The lowest BCUT2D eigenvalue weighted by atomic mass is 10.2. The number of nitrogens with zero attached hydrogens (tertiary/aromatic N) is 2. The van der Waals surface area contributed by atoms with E-state index in [0.29, 0.717) is 16.6 Å². The van der Waals surface area contributed by atoms with E-state index in [1.807, 2.05) is 6.92 Å². The van der Waals surface area contributed by atoms with Gasteiger partial charge in [0, 0.05) is 28.8 Å². The van der Waals surface area contributed by atoms with Gasteiger partial charge in [-0.3, -0.25) is 9.36 Å². The van der Waals surface area contributed by atoms with Crippen molar-refractivity contribution in [3.63, 3.8) is 0 Å². The maximum atomic E-state index is 13.7. The molecule has 0 saturated carbocycles. The molecule has 0 fully saturated rings. The van der Waals surface area contributed by atoms with Crippen molar-refractivity contribution in [1.82, 2.24) is 9.13 Å². The minimum Gasteiger partial charge on any atom is -0.300 e. The van der Waals surface area contributed by atoms with Crippen molar-refractivity contribution in [3.05, 3.63) is 67.2 Å². The summed E-state index contributed by atoms with van der Waals surface area (Å²) in [6, 6.07) is 5.77. The Kier molecular flexibility index (Phi) is 4.54. The van der Waals surface area contributed by atoms with Gasteiger partial charge >= 0.3 is 5.69 Å². The molecule has 0 amide bonds. The summed E-state index contributed by atoms with van der Waals surface area (Å²) in [6.45, 7) is 2.39. The van der Waals surface area contributed by atoms with Crippen molar-refractivity contribution in [2.75, 3.05) is 0 Å². The van der Waals surface area contributed by atoms with Gasteiger partial charge in [-0.25, -0.2) is 9.18 Å². The van der Waals surface area contributed by atoms with Crippen LogP contribution in [0.25, 0.3) is 0 Å². The van der Waals surface area contributed by atoms with Crippen LogP contribution in [0.1, 0.15) is 18.9 Å². The average Bonchev–Trinajstić information content (AvgIpc) is 2.42. The van der Waals surface area contributed by atoms with Crippen LogP contribution in [0.15, 0.2) is 44.5 Å². The molecule has 0 unspecified atom stereocenters. The van der Waals surface area contributed by atoms with Crippen molar-refractivity contribution >= 4 is 15.9 Å². The first-order valence-electron chi connectivity index (χ1n) is 6.27. The lowest BCUT2D eigenvalue weighted by Crippen LogP contribution is -2.39. The highest BCUT2D eigenvalue weighted by molar-refractivity contribution is 9.10. The van der Waals surface area contributed by atoms with Crippen LogP contribution in [0.3, 0.4) is 0 Å². The molecule has 0 aliphatic carbocycles. The van der Waals surface area contributed by atoms with Gasteiger partial charge in [-0.15, -0.1) is 0 Å². The third kappa shape index (κ3) is 3.07. The SMILES string of the molecule is CCCn1ccc(=O)n(Cc2cc(Br)ccc2F)c1=O. The van der Waals surface area contributed by atoms with E-state index in [2.05, 4.69) is 15.9 Å². The van der Waals surface area contributed by atoms with Gasteiger partial charge in [0.2, 0.25) is 0 Å². The Hall–Kier alpha value is -1.69. The van der Waals surface area contributed by atoms with Crippen LogP contribution in [-0.4, -0.2) is 9.13 Å². The molecule has 1 aromatic carbocycles. The van der Waals surface area contributed by atoms with Gasteiger partial charge in [0.1, 0.15) is 5.82 Å². The molecule has 0 aliphatic rings. The topological polar surface area (TPSA) is 44.0 Å². The summed E-state index contributed by atoms with van der Waals surface area (Å²) in [5.41, 5.74) is -0.548. The molecule has 0 atom stereocenters. The van der Waals surface area contributed by atoms with E-state index in [1.165, 1.54) is 22.9 Å². The van der Waals surface area contributed by atoms with Gasteiger partial charge in [-0.05, 0) is 24.6 Å². The van der Waals surface area contributed by atoms with Gasteiger partial charge < -0.3 is 4.57 Å². The van der Waals surface area contributed by atoms with E-state index in [9.17, 15) is 14.0 Å². The maximum absolute atomic E-state index is 13.7. The Balaban J connectivity index is 2.48. The quantitative estimate of drug-likeness (QED) is 0.857. The lowest BCUT2D eigenvalue weighted by molar-refractivity contribution is 0.551. The zero-order valence-corrected chi connectivity index (χ0v) is 12.6. The normalized spacial score (nSPS) is 10.8. The minimum absolute atomic E-state index is 0.0759. The fourth-order valence-electron chi connectivity index (χ4n) is 1.95. The van der Waals surface area contributed by atoms with Gasteiger partial charge in [0.25, 0.3) is 5.56 Å². The summed E-state index contributed by atoms with van der Waals surface area (Å²) in [4.78, 5) is 24.0. The molecule has 0 bridgehead atoms. The van der Waals surface area contributed by atoms with Crippen molar-refractivity contribution in [2.24, 2.45) is 0 Å². The molecule has 4 nitrogen and oxygen atoms in total. The molecule has 0 N–H and O–H groups in total. The molecule has 6 heteroatoms. The number of aryl methyl sites for hydroxylation is 1. The van der Waals surface area contributed by atoms with Crippen molar-refractivity contribution < 1.29 is 4.39 Å². The number of aromatic nitrogens is 2. The third-order valence-corrected chi connectivity index (χ3v) is 3.43. The Morgan fingerprint density at radius 3 is 2.70 bits per heavy atom. The molecule has 1 aromatic heterocycles. The van der Waals surface area contributed by atoms with Gasteiger partial charge in [0.15, 0.2) is 0 Å². The fraction of sp³-hybridized carbons (Fsp3) is 0.286. The second kappa shape index (κ2) is 6.17. The fourth-order valence-corrected chi connectivity index (χ4v) is 2.36. The van der Waals surface area contributed by atoms with E-state index in [4.69, 9.17) is 0 Å². The van der Waals surface area contributed by atoms with E-state index in [-0.39, 0.29) is 6.54 Å². The van der Waals surface area contributed by atoms with Crippen LogP contribution >= 0.6 is 15.9 Å². The zero-order valence-electron chi connectivity index (χ0n) is 11.0. The summed E-state index contributed by atoms with van der Waals surface area (Å²) >= 11 is 3.25. The first-order chi connectivity index (χ1) is 9.52. The third-order valence-electron chi connectivity index (χ3n) is 2.94. The predicted molar refractivity (Wildman–Crippen MR) is 78.5 cm³/mol. The molecule has 106 valence electrons. The van der Waals surface area contributed by atoms with Gasteiger partial charge in [-0.1, -0.05) is 22.9 Å². The van der Waals surface area contributed by atoms with E-state index in [0.717, 1.165) is 11.0 Å². The predicted octanol–water partition coefficient (Wildman–Crippen LogP) is 2.37. The largest absolute Gasteiger partial charge is 0.331 e. The monoisotopic (exact) mass is 340 g/mol. The Morgan fingerprint density at radius 1 is 1.25 bits per heavy atom. The maximum Gasteiger partial charge on any atom is 0.331 e. The summed E-state index contributed by atoms with van der Waals surface area (Å²) in [5.74, 6) is -0.439. The first-order valence-corrected chi connectivity index (χ1v) is 7.06. The molecule has 0 radical (unpaired) electrons. The van der Waals surface area contributed by atoms with Crippen LogP contribution in [0.5, 0.6) is 0 Å². The molecule has 0 aliphatic heterocycles. The summed E-state index contributed by atoms with van der Waals surface area (Å²) in [5, 5.41) is 0. The van der Waals surface area contributed by atoms with E-state index < -0.39 is 17.1 Å². The Bertz CT molecular complexity index is 737. The number of hydrogen-bond donors (Lipinski definition) is 0. The Labute approximate surface area is 123 Å². The molecule has 2 rings (SSSR count). The average molecular weight is 341 g/mol.